The fourth-order valence-electron chi connectivity index (χ4n) is 1.16. The van der Waals surface area contributed by atoms with Crippen molar-refractivity contribution in [3.8, 4) is 0 Å². The van der Waals surface area contributed by atoms with Gasteiger partial charge in [-0.05, 0) is 29.6 Å². The van der Waals surface area contributed by atoms with Crippen molar-refractivity contribution >= 4 is 0 Å². The molecule has 1 atom stereocenters. The Kier molecular flexibility index (Phi) is 6.09. The van der Waals surface area contributed by atoms with Crippen LogP contribution >= 0.6 is 0 Å². The number of aliphatic hydroxyl groups is 1. The molecule has 1 aromatic carbocycles. The molecule has 1 rings (SSSR count). The van der Waals surface area contributed by atoms with Crippen molar-refractivity contribution in [2.75, 3.05) is 6.61 Å². The quantitative estimate of drug-likeness (QED) is 0.463. The molecule has 15 heavy (non-hydrogen) atoms. The van der Waals surface area contributed by atoms with Crippen LogP contribution in [0.25, 0.3) is 10.4 Å². The number of rotatable bonds is 4. The molecule has 0 amide bonds. The van der Waals surface area contributed by atoms with Crippen LogP contribution in [-0.4, -0.2) is 11.7 Å². The molecule has 0 aliphatic rings. The van der Waals surface area contributed by atoms with Gasteiger partial charge in [0.25, 0.3) is 0 Å². The van der Waals surface area contributed by atoms with E-state index in [1.165, 1.54) is 12.1 Å². The van der Waals surface area contributed by atoms with Crippen molar-refractivity contribution in [3.05, 3.63) is 46.1 Å². The van der Waals surface area contributed by atoms with Gasteiger partial charge in [-0.2, -0.15) is 0 Å². The van der Waals surface area contributed by atoms with Crippen LogP contribution in [0.1, 0.15) is 25.5 Å². The molecule has 0 saturated carbocycles. The summed E-state index contributed by atoms with van der Waals surface area (Å²) in [6.45, 7) is -0.0684. The zero-order chi connectivity index (χ0) is 10.4. The van der Waals surface area contributed by atoms with E-state index in [1.807, 2.05) is 0 Å². The van der Waals surface area contributed by atoms with Crippen LogP contribution in [0.5, 0.6) is 0 Å². The second-order valence-corrected chi connectivity index (χ2v) is 2.78. The predicted octanol–water partition coefficient (Wildman–Crippen LogP) is 3.20. The predicted molar refractivity (Wildman–Crippen MR) is 56.7 cm³/mol. The van der Waals surface area contributed by atoms with E-state index < -0.39 is 6.04 Å². The molecule has 1 N–H and O–H groups in total. The standard InChI is InChI=1S/C9H10FN3O.CH4/c10-8-3-1-7(2-4-8)9(5-6-14)12-13-11;/h1-4,9,14H,5-6H2;1H4. The molecular weight excluding hydrogens is 197 g/mol. The summed E-state index contributed by atoms with van der Waals surface area (Å²) in [6, 6.07) is 5.26. The van der Waals surface area contributed by atoms with Gasteiger partial charge >= 0.3 is 0 Å². The van der Waals surface area contributed by atoms with Crippen LogP contribution in [-0.2, 0) is 0 Å². The summed E-state index contributed by atoms with van der Waals surface area (Å²) in [5, 5.41) is 12.2. The molecule has 82 valence electrons. The van der Waals surface area contributed by atoms with Gasteiger partial charge in [0.15, 0.2) is 0 Å². The van der Waals surface area contributed by atoms with Gasteiger partial charge in [-0.15, -0.1) is 0 Å². The Bertz CT molecular complexity index is 333. The summed E-state index contributed by atoms with van der Waals surface area (Å²) in [5.74, 6) is -0.336. The number of benzene rings is 1. The SMILES string of the molecule is C.[N-]=[N+]=NC(CCO)c1ccc(F)cc1. The lowest BCUT2D eigenvalue weighted by atomic mass is 10.1. The first-order valence-electron chi connectivity index (χ1n) is 4.18. The Morgan fingerprint density at radius 1 is 1.40 bits per heavy atom. The van der Waals surface area contributed by atoms with Gasteiger partial charge in [0.2, 0.25) is 0 Å². The first-order valence-corrected chi connectivity index (χ1v) is 4.18. The number of hydrogen-bond acceptors (Lipinski definition) is 2. The van der Waals surface area contributed by atoms with Crippen molar-refractivity contribution in [3.63, 3.8) is 0 Å². The van der Waals surface area contributed by atoms with Gasteiger partial charge in [-0.25, -0.2) is 4.39 Å². The highest BCUT2D eigenvalue weighted by atomic mass is 19.1. The highest BCUT2D eigenvalue weighted by Crippen LogP contribution is 2.21. The summed E-state index contributed by atoms with van der Waals surface area (Å²) in [7, 11) is 0. The Balaban J connectivity index is 0.00000196. The lowest BCUT2D eigenvalue weighted by molar-refractivity contribution is 0.276. The lowest BCUT2D eigenvalue weighted by Crippen LogP contribution is -1.97. The van der Waals surface area contributed by atoms with E-state index in [4.69, 9.17) is 10.6 Å². The summed E-state index contributed by atoms with van der Waals surface area (Å²) in [6.07, 6.45) is 0.343. The van der Waals surface area contributed by atoms with E-state index in [1.54, 1.807) is 12.1 Å². The van der Waals surface area contributed by atoms with Gasteiger partial charge < -0.3 is 5.11 Å². The number of azide groups is 1. The van der Waals surface area contributed by atoms with Crippen molar-refractivity contribution in [2.45, 2.75) is 19.9 Å². The summed E-state index contributed by atoms with van der Waals surface area (Å²) in [4.78, 5) is 2.67. The molecule has 0 radical (unpaired) electrons. The minimum atomic E-state index is -0.425. The molecule has 1 aromatic rings. The average molecular weight is 211 g/mol. The van der Waals surface area contributed by atoms with Crippen LogP contribution in [0.15, 0.2) is 29.4 Å². The highest BCUT2D eigenvalue weighted by molar-refractivity contribution is 5.19. The topological polar surface area (TPSA) is 69.0 Å². The fraction of sp³-hybridized carbons (Fsp3) is 0.400. The zero-order valence-corrected chi connectivity index (χ0v) is 7.47. The first-order chi connectivity index (χ1) is 6.77. The van der Waals surface area contributed by atoms with Crippen LogP contribution < -0.4 is 0 Å². The fourth-order valence-corrected chi connectivity index (χ4v) is 1.16. The monoisotopic (exact) mass is 211 g/mol. The number of hydrogen-bond donors (Lipinski definition) is 1. The smallest absolute Gasteiger partial charge is 0.123 e. The molecule has 0 saturated heterocycles. The molecule has 0 fully saturated rings. The normalized spacial score (nSPS) is 11.1. The van der Waals surface area contributed by atoms with E-state index in [-0.39, 0.29) is 19.9 Å². The molecule has 0 aromatic heterocycles. The molecule has 0 spiro atoms. The van der Waals surface area contributed by atoms with Crippen LogP contribution in [0.4, 0.5) is 4.39 Å². The van der Waals surface area contributed by atoms with E-state index in [0.717, 1.165) is 0 Å². The van der Waals surface area contributed by atoms with Crippen LogP contribution in [0, 0.1) is 5.82 Å². The van der Waals surface area contributed by atoms with Crippen molar-refractivity contribution in [1.29, 1.82) is 0 Å². The third-order valence-corrected chi connectivity index (χ3v) is 1.85. The number of nitrogens with zero attached hydrogens (tertiary/aromatic N) is 3. The Morgan fingerprint density at radius 3 is 2.47 bits per heavy atom. The van der Waals surface area contributed by atoms with Crippen molar-refractivity contribution in [1.82, 2.24) is 0 Å². The van der Waals surface area contributed by atoms with Gasteiger partial charge in [-0.1, -0.05) is 24.7 Å². The maximum absolute atomic E-state index is 12.6. The minimum absolute atomic E-state index is 0. The van der Waals surface area contributed by atoms with E-state index >= 15 is 0 Å². The first kappa shape index (κ1) is 13.4. The summed E-state index contributed by atoms with van der Waals surface area (Å²) in [5.41, 5.74) is 8.99. The van der Waals surface area contributed by atoms with Crippen LogP contribution in [0.2, 0.25) is 0 Å². The van der Waals surface area contributed by atoms with Gasteiger partial charge in [0.1, 0.15) is 5.82 Å². The van der Waals surface area contributed by atoms with E-state index in [0.29, 0.717) is 12.0 Å². The molecule has 0 bridgehead atoms. The number of aliphatic hydroxyl groups excluding tert-OH is 1. The maximum atomic E-state index is 12.6. The van der Waals surface area contributed by atoms with Gasteiger partial charge in [-0.3, -0.25) is 0 Å². The lowest BCUT2D eigenvalue weighted by Gasteiger charge is -2.08. The largest absolute Gasteiger partial charge is 0.396 e. The average Bonchev–Trinajstić information content (AvgIpc) is 2.19. The third-order valence-electron chi connectivity index (χ3n) is 1.85. The number of halogens is 1. The van der Waals surface area contributed by atoms with Crippen LogP contribution in [0.3, 0.4) is 0 Å². The van der Waals surface area contributed by atoms with Crippen molar-refractivity contribution in [2.24, 2.45) is 5.11 Å². The molecule has 1 unspecified atom stereocenters. The Labute approximate surface area is 88.0 Å². The molecule has 0 aliphatic heterocycles. The second kappa shape index (κ2) is 6.81. The summed E-state index contributed by atoms with van der Waals surface area (Å²) >= 11 is 0. The van der Waals surface area contributed by atoms with E-state index in [2.05, 4.69) is 10.0 Å². The Morgan fingerprint density at radius 2 is 2.00 bits per heavy atom. The van der Waals surface area contributed by atoms with Gasteiger partial charge in [0.05, 0.1) is 6.04 Å². The highest BCUT2D eigenvalue weighted by Gasteiger charge is 2.08. The Hall–Kier alpha value is -1.58. The minimum Gasteiger partial charge on any atom is -0.396 e. The zero-order valence-electron chi connectivity index (χ0n) is 7.47. The molecular formula is C10H14FN3O. The summed E-state index contributed by atoms with van der Waals surface area (Å²) < 4.78 is 12.6. The molecule has 5 heteroatoms. The molecule has 4 nitrogen and oxygen atoms in total. The van der Waals surface area contributed by atoms with E-state index in [9.17, 15) is 4.39 Å². The second-order valence-electron chi connectivity index (χ2n) is 2.78. The molecule has 0 aliphatic carbocycles. The van der Waals surface area contributed by atoms with Crippen molar-refractivity contribution < 1.29 is 9.50 Å². The third kappa shape index (κ3) is 3.97. The maximum Gasteiger partial charge on any atom is 0.123 e. The van der Waals surface area contributed by atoms with Gasteiger partial charge in [0, 0.05) is 11.5 Å². The molecule has 0 heterocycles.